The first-order chi connectivity index (χ1) is 36.9. The van der Waals surface area contributed by atoms with Gasteiger partial charge in [0.1, 0.15) is 54.7 Å². The molecule has 0 spiro atoms. The van der Waals surface area contributed by atoms with Gasteiger partial charge in [-0.05, 0) is 129 Å². The maximum Gasteiger partial charge on any atom is 0.242 e. The minimum atomic E-state index is -0.880. The van der Waals surface area contributed by atoms with E-state index >= 15 is 0 Å². The molecule has 4 aliphatic rings. The summed E-state index contributed by atoms with van der Waals surface area (Å²) < 4.78 is 25.6. The number of halogens is 1. The lowest BCUT2D eigenvalue weighted by atomic mass is 9.81. The minimum absolute atomic E-state index is 0.119. The number of amides is 6. The Hall–Kier alpha value is -6.85. The number of nitrogens with one attached hydrogen (secondary N) is 8. The molecule has 16 nitrogen and oxygen atoms in total. The number of fused-ring (bicyclic) bond motifs is 2. The summed E-state index contributed by atoms with van der Waals surface area (Å²) in [4.78, 5) is 78.9. The fourth-order valence-corrected chi connectivity index (χ4v) is 9.74. The molecule has 2 heterocycles. The third-order valence-electron chi connectivity index (χ3n) is 14.9. The van der Waals surface area contributed by atoms with Gasteiger partial charge in [0.05, 0.1) is 12.1 Å². The van der Waals surface area contributed by atoms with E-state index in [0.717, 1.165) is 59.4 Å². The molecule has 4 aromatic rings. The molecular formula is C60H79FN8O8. The van der Waals surface area contributed by atoms with E-state index in [4.69, 9.17) is 9.47 Å². The first kappa shape index (κ1) is 57.8. The SMILES string of the molecule is CC1CCNC(=O)[C@@H](Cc2ccc(F)cc2)NC(=O)[C@@H](C)NC(=O)[C@H](C2CC2)NCCOc2ccccc21.Cc1ccc(C[C@H]2NC(=O)[C@@H](C)NC(=O)[C@H](C3CC3)NCCOc3ccccc3C(C)(C)CCNC2=O)cc1. The summed E-state index contributed by atoms with van der Waals surface area (Å²) in [6, 6.07) is 25.5. The molecule has 0 radical (unpaired) electrons. The fourth-order valence-electron chi connectivity index (χ4n) is 9.74. The number of aryl methyl sites for hydroxylation is 1. The average Bonchev–Trinajstić information content (AvgIpc) is 4.36. The van der Waals surface area contributed by atoms with Gasteiger partial charge >= 0.3 is 0 Å². The van der Waals surface area contributed by atoms with Crippen LogP contribution >= 0.6 is 0 Å². The molecule has 2 saturated carbocycles. The Morgan fingerprint density at radius 2 is 0.987 bits per heavy atom. The monoisotopic (exact) mass is 1060 g/mol. The van der Waals surface area contributed by atoms with E-state index in [1.54, 1.807) is 26.0 Å². The van der Waals surface area contributed by atoms with Gasteiger partial charge in [0, 0.05) is 39.0 Å². The average molecular weight is 1060 g/mol. The Labute approximate surface area is 452 Å². The molecule has 6 amide bonds. The number of para-hydroxylation sites is 2. The highest BCUT2D eigenvalue weighted by atomic mass is 19.1. The van der Waals surface area contributed by atoms with E-state index < -0.39 is 36.1 Å². The summed E-state index contributed by atoms with van der Waals surface area (Å²) in [5.74, 6) is -0.0684. The molecule has 17 heteroatoms. The van der Waals surface area contributed by atoms with Gasteiger partial charge in [-0.15, -0.1) is 0 Å². The number of carbonyl (C=O) groups is 6. The topological polar surface area (TPSA) is 217 Å². The number of ether oxygens (including phenoxy) is 2. The summed E-state index contributed by atoms with van der Waals surface area (Å²) in [6.07, 6.45) is 5.77. The largest absolute Gasteiger partial charge is 0.492 e. The third kappa shape index (κ3) is 17.3. The fraction of sp³-hybridized carbons (Fsp3) is 0.500. The van der Waals surface area contributed by atoms with Crippen LogP contribution in [0.2, 0.25) is 0 Å². The zero-order valence-corrected chi connectivity index (χ0v) is 45.5. The van der Waals surface area contributed by atoms with Crippen LogP contribution in [0.25, 0.3) is 0 Å². The van der Waals surface area contributed by atoms with Crippen molar-refractivity contribution in [1.82, 2.24) is 42.5 Å². The van der Waals surface area contributed by atoms with Gasteiger partial charge in [-0.3, -0.25) is 28.8 Å². The van der Waals surface area contributed by atoms with Crippen LogP contribution in [-0.4, -0.2) is 111 Å². The minimum Gasteiger partial charge on any atom is -0.492 e. The maximum atomic E-state index is 13.4. The highest BCUT2D eigenvalue weighted by molar-refractivity contribution is 5.94. The van der Waals surface area contributed by atoms with Crippen LogP contribution < -0.4 is 52.0 Å². The molecule has 77 heavy (non-hydrogen) atoms. The first-order valence-corrected chi connectivity index (χ1v) is 27.4. The molecule has 0 aromatic heterocycles. The Kier molecular flexibility index (Phi) is 20.6. The second-order valence-electron chi connectivity index (χ2n) is 21.8. The zero-order valence-electron chi connectivity index (χ0n) is 45.5. The van der Waals surface area contributed by atoms with Crippen LogP contribution in [0.4, 0.5) is 4.39 Å². The van der Waals surface area contributed by atoms with Crippen molar-refractivity contribution in [3.05, 3.63) is 131 Å². The predicted octanol–water partition coefficient (Wildman–Crippen LogP) is 5.20. The van der Waals surface area contributed by atoms with E-state index in [2.05, 4.69) is 69.4 Å². The number of rotatable bonds is 6. The van der Waals surface area contributed by atoms with Gasteiger partial charge in [0.15, 0.2) is 0 Å². The summed E-state index contributed by atoms with van der Waals surface area (Å²) in [6.45, 7) is 14.3. The highest BCUT2D eigenvalue weighted by Crippen LogP contribution is 2.36. The molecule has 2 aliphatic heterocycles. The zero-order chi connectivity index (χ0) is 55.1. The van der Waals surface area contributed by atoms with Crippen LogP contribution in [0, 0.1) is 24.6 Å². The third-order valence-corrected chi connectivity index (χ3v) is 14.9. The molecule has 8 N–H and O–H groups in total. The van der Waals surface area contributed by atoms with Crippen LogP contribution in [-0.2, 0) is 47.0 Å². The van der Waals surface area contributed by atoms with Gasteiger partial charge in [-0.2, -0.15) is 0 Å². The van der Waals surface area contributed by atoms with Crippen molar-refractivity contribution in [1.29, 1.82) is 0 Å². The van der Waals surface area contributed by atoms with E-state index in [-0.39, 0.29) is 71.0 Å². The second-order valence-corrected chi connectivity index (χ2v) is 21.8. The smallest absolute Gasteiger partial charge is 0.242 e. The van der Waals surface area contributed by atoms with Crippen molar-refractivity contribution < 1.29 is 42.6 Å². The summed E-state index contributed by atoms with van der Waals surface area (Å²) in [7, 11) is 0. The Bertz CT molecular complexity index is 2640. The van der Waals surface area contributed by atoms with Crippen molar-refractivity contribution in [3.8, 4) is 11.5 Å². The quantitative estimate of drug-likeness (QED) is 0.126. The second kappa shape index (κ2) is 27.5. The number of hydrogen-bond acceptors (Lipinski definition) is 10. The molecule has 8 rings (SSSR count). The predicted molar refractivity (Wildman–Crippen MR) is 294 cm³/mol. The van der Waals surface area contributed by atoms with Crippen molar-refractivity contribution in [2.75, 3.05) is 39.4 Å². The van der Waals surface area contributed by atoms with Gasteiger partial charge in [0.2, 0.25) is 35.4 Å². The van der Waals surface area contributed by atoms with Gasteiger partial charge in [0.25, 0.3) is 0 Å². The lowest BCUT2D eigenvalue weighted by Crippen LogP contribution is -2.56. The lowest BCUT2D eigenvalue weighted by Gasteiger charge is -2.29. The Morgan fingerprint density at radius 1 is 0.519 bits per heavy atom. The molecule has 0 saturated heterocycles. The van der Waals surface area contributed by atoms with Crippen molar-refractivity contribution in [2.45, 2.75) is 140 Å². The van der Waals surface area contributed by atoms with Crippen molar-refractivity contribution in [2.24, 2.45) is 11.8 Å². The molecule has 1 unspecified atom stereocenters. The molecular weight excluding hydrogens is 980 g/mol. The molecule has 2 fully saturated rings. The van der Waals surface area contributed by atoms with Crippen LogP contribution in [0.1, 0.15) is 107 Å². The van der Waals surface area contributed by atoms with E-state index in [9.17, 15) is 33.2 Å². The standard InChI is InChI=1S/C31H42N4O4.C29H37FN4O4/c1-20-9-11-22(12-10-20)19-25-29(37)33-16-15-31(3,4)24-7-5-6-8-26(24)39-18-17-32-27(23-13-14-23)30(38)34-21(2)28(36)35-25;1-18-13-14-32-28(36)24(17-20-7-11-22(30)12-8-20)34-27(35)19(2)33-29(37)26(21-9-10-21)31-15-16-38-25-6-4-3-5-23(18)25/h5-12,21,23,25,27,32H,13-19H2,1-4H3,(H,33,37)(H,34,38)(H,35,36);3-8,11-12,18-19,21,24,26,31H,9-10,13-17H2,1-2H3,(H,32,36)(H,33,37)(H,34,35)/t21-,25-,27+;18?,19-,24-,26+/m11/s1. The molecule has 4 aromatic carbocycles. The normalized spacial score (nSPS) is 25.6. The summed E-state index contributed by atoms with van der Waals surface area (Å²) in [5.41, 5.74) is 4.63. The molecule has 0 bridgehead atoms. The van der Waals surface area contributed by atoms with Gasteiger partial charge in [-0.25, -0.2) is 4.39 Å². The molecule has 7 atom stereocenters. The lowest BCUT2D eigenvalue weighted by molar-refractivity contribution is -0.132. The molecule has 2 aliphatic carbocycles. The van der Waals surface area contributed by atoms with E-state index in [0.29, 0.717) is 64.2 Å². The first-order valence-electron chi connectivity index (χ1n) is 27.4. The van der Waals surface area contributed by atoms with Crippen LogP contribution in [0.15, 0.2) is 97.1 Å². The van der Waals surface area contributed by atoms with Gasteiger partial charge in [-0.1, -0.05) is 99.1 Å². The van der Waals surface area contributed by atoms with Crippen molar-refractivity contribution >= 4 is 35.4 Å². The van der Waals surface area contributed by atoms with Crippen LogP contribution in [0.5, 0.6) is 11.5 Å². The van der Waals surface area contributed by atoms with Crippen molar-refractivity contribution in [3.63, 3.8) is 0 Å². The molecule has 414 valence electrons. The number of carbonyl (C=O) groups excluding carboxylic acids is 6. The number of benzene rings is 4. The summed E-state index contributed by atoms with van der Waals surface area (Å²) >= 11 is 0. The van der Waals surface area contributed by atoms with E-state index in [1.165, 1.54) is 12.1 Å². The maximum absolute atomic E-state index is 13.4. The number of hydrogen-bond donors (Lipinski definition) is 8. The highest BCUT2D eigenvalue weighted by Gasteiger charge is 2.39. The Balaban J connectivity index is 0.000000224. The Morgan fingerprint density at radius 3 is 1.52 bits per heavy atom. The van der Waals surface area contributed by atoms with Gasteiger partial charge < -0.3 is 52.0 Å². The van der Waals surface area contributed by atoms with E-state index in [1.807, 2.05) is 73.7 Å². The summed E-state index contributed by atoms with van der Waals surface area (Å²) in [5, 5.41) is 24.0. The van der Waals surface area contributed by atoms with Crippen LogP contribution in [0.3, 0.4) is 0 Å².